The van der Waals surface area contributed by atoms with E-state index >= 15 is 0 Å². The van der Waals surface area contributed by atoms with Gasteiger partial charge in [-0.1, -0.05) is 0 Å². The topological polar surface area (TPSA) is 83.8 Å². The molecule has 5 nitrogen and oxygen atoms in total. The molecule has 0 aliphatic carbocycles. The number of halogens is 1. The summed E-state index contributed by atoms with van der Waals surface area (Å²) < 4.78 is 12.8. The first kappa shape index (κ1) is 11.1. The van der Waals surface area contributed by atoms with Gasteiger partial charge in [0, 0.05) is 11.9 Å². The molecule has 0 aliphatic rings. The molecule has 0 radical (unpaired) electrons. The third kappa shape index (κ3) is 2.60. The van der Waals surface area contributed by atoms with Crippen molar-refractivity contribution < 1.29 is 9.18 Å². The molecule has 88 valence electrons. The summed E-state index contributed by atoms with van der Waals surface area (Å²) in [6.07, 6.45) is 3.13. The number of aromatic nitrogens is 2. The highest BCUT2D eigenvalue weighted by atomic mass is 19.1. The lowest BCUT2D eigenvalue weighted by atomic mass is 10.1. The standard InChI is InChI=1S/C11H11FN4O/c12-7-1-2-9(10(13)3-7)11(17)15-5-8-4-14-6-16-8/h1-4,6H,5,13H2,(H,14,16)(H,15,17). The Morgan fingerprint density at radius 3 is 3.00 bits per heavy atom. The van der Waals surface area contributed by atoms with Gasteiger partial charge in [-0.25, -0.2) is 9.37 Å². The van der Waals surface area contributed by atoms with Gasteiger partial charge in [0.1, 0.15) is 5.82 Å². The number of nitrogens with two attached hydrogens (primary N) is 1. The molecule has 0 atom stereocenters. The number of imidazole rings is 1. The predicted molar refractivity (Wildman–Crippen MR) is 60.6 cm³/mol. The van der Waals surface area contributed by atoms with Crippen LogP contribution in [0.3, 0.4) is 0 Å². The summed E-state index contributed by atoms with van der Waals surface area (Å²) in [4.78, 5) is 18.4. The van der Waals surface area contributed by atoms with Crippen molar-refractivity contribution in [3.63, 3.8) is 0 Å². The third-order valence-electron chi connectivity index (χ3n) is 2.25. The second kappa shape index (κ2) is 4.65. The van der Waals surface area contributed by atoms with Crippen LogP contribution < -0.4 is 11.1 Å². The van der Waals surface area contributed by atoms with Crippen molar-refractivity contribution >= 4 is 11.6 Å². The van der Waals surface area contributed by atoms with Crippen LogP contribution in [0.15, 0.2) is 30.7 Å². The number of aromatic amines is 1. The molecule has 4 N–H and O–H groups in total. The molecule has 0 aliphatic heterocycles. The number of carbonyl (C=O) groups excluding carboxylic acids is 1. The number of nitrogens with zero attached hydrogens (tertiary/aromatic N) is 1. The summed E-state index contributed by atoms with van der Waals surface area (Å²) in [5, 5.41) is 2.65. The van der Waals surface area contributed by atoms with Gasteiger partial charge in [0.05, 0.1) is 24.1 Å². The van der Waals surface area contributed by atoms with E-state index in [0.29, 0.717) is 6.54 Å². The van der Waals surface area contributed by atoms with E-state index in [2.05, 4.69) is 15.3 Å². The number of nitrogen functional groups attached to an aromatic ring is 1. The fourth-order valence-electron chi connectivity index (χ4n) is 1.39. The zero-order valence-electron chi connectivity index (χ0n) is 8.90. The van der Waals surface area contributed by atoms with Gasteiger partial charge < -0.3 is 16.0 Å². The SMILES string of the molecule is Nc1cc(F)ccc1C(=O)NCc1cnc[nH]1. The normalized spacial score (nSPS) is 10.2. The molecule has 2 rings (SSSR count). The van der Waals surface area contributed by atoms with Crippen LogP contribution >= 0.6 is 0 Å². The van der Waals surface area contributed by atoms with E-state index < -0.39 is 5.82 Å². The summed E-state index contributed by atoms with van der Waals surface area (Å²) in [5.74, 6) is -0.815. The molecule has 17 heavy (non-hydrogen) atoms. The number of anilines is 1. The van der Waals surface area contributed by atoms with Crippen LogP contribution in [0.4, 0.5) is 10.1 Å². The van der Waals surface area contributed by atoms with Crippen molar-refractivity contribution in [3.8, 4) is 0 Å². The van der Waals surface area contributed by atoms with Gasteiger partial charge in [0.2, 0.25) is 0 Å². The summed E-state index contributed by atoms with van der Waals surface area (Å²) in [6, 6.07) is 3.67. The minimum atomic E-state index is -0.465. The molecular formula is C11H11FN4O. The largest absolute Gasteiger partial charge is 0.398 e. The van der Waals surface area contributed by atoms with Gasteiger partial charge in [0.25, 0.3) is 5.91 Å². The Kier molecular flexibility index (Phi) is 3.04. The lowest BCUT2D eigenvalue weighted by Gasteiger charge is -2.06. The van der Waals surface area contributed by atoms with Gasteiger partial charge in [0.15, 0.2) is 0 Å². The first-order valence-electron chi connectivity index (χ1n) is 4.97. The molecule has 1 aromatic heterocycles. The molecule has 0 bridgehead atoms. The third-order valence-corrected chi connectivity index (χ3v) is 2.25. The van der Waals surface area contributed by atoms with Crippen LogP contribution in [-0.2, 0) is 6.54 Å². The second-order valence-electron chi connectivity index (χ2n) is 3.49. The molecule has 6 heteroatoms. The number of hydrogen-bond acceptors (Lipinski definition) is 3. The van der Waals surface area contributed by atoms with E-state index in [1.165, 1.54) is 18.5 Å². The van der Waals surface area contributed by atoms with Gasteiger partial charge in [-0.3, -0.25) is 4.79 Å². The highest BCUT2D eigenvalue weighted by molar-refractivity contribution is 5.98. The summed E-state index contributed by atoms with van der Waals surface area (Å²) in [5.41, 5.74) is 6.70. The van der Waals surface area contributed by atoms with Gasteiger partial charge >= 0.3 is 0 Å². The maximum absolute atomic E-state index is 12.8. The first-order chi connectivity index (χ1) is 8.16. The Labute approximate surface area is 96.9 Å². The van der Waals surface area contributed by atoms with E-state index in [-0.39, 0.29) is 17.2 Å². The lowest BCUT2D eigenvalue weighted by molar-refractivity contribution is 0.0951. The van der Waals surface area contributed by atoms with Crippen molar-refractivity contribution in [2.45, 2.75) is 6.54 Å². The average molecular weight is 234 g/mol. The lowest BCUT2D eigenvalue weighted by Crippen LogP contribution is -2.24. The smallest absolute Gasteiger partial charge is 0.253 e. The molecule has 0 spiro atoms. The fourth-order valence-corrected chi connectivity index (χ4v) is 1.39. The van der Waals surface area contributed by atoms with Gasteiger partial charge in [-0.05, 0) is 18.2 Å². The highest BCUT2D eigenvalue weighted by Gasteiger charge is 2.10. The molecular weight excluding hydrogens is 223 g/mol. The Morgan fingerprint density at radius 2 is 2.35 bits per heavy atom. The molecule has 0 unspecified atom stereocenters. The Bertz CT molecular complexity index is 524. The Balaban J connectivity index is 2.04. The van der Waals surface area contributed by atoms with Crippen LogP contribution in [0.25, 0.3) is 0 Å². The van der Waals surface area contributed by atoms with Crippen LogP contribution in [0.5, 0.6) is 0 Å². The number of carbonyl (C=O) groups is 1. The molecule has 1 aromatic carbocycles. The summed E-state index contributed by atoms with van der Waals surface area (Å²) in [6.45, 7) is 0.315. The molecule has 0 saturated carbocycles. The molecule has 0 saturated heterocycles. The second-order valence-corrected chi connectivity index (χ2v) is 3.49. The van der Waals surface area contributed by atoms with Crippen LogP contribution in [0, 0.1) is 5.82 Å². The zero-order chi connectivity index (χ0) is 12.3. The van der Waals surface area contributed by atoms with Crippen LogP contribution in [-0.4, -0.2) is 15.9 Å². The zero-order valence-corrected chi connectivity index (χ0v) is 8.90. The van der Waals surface area contributed by atoms with E-state index in [0.717, 1.165) is 11.8 Å². The quantitative estimate of drug-likeness (QED) is 0.694. The number of rotatable bonds is 3. The average Bonchev–Trinajstić information content (AvgIpc) is 2.78. The van der Waals surface area contributed by atoms with E-state index in [1.54, 1.807) is 6.20 Å². The van der Waals surface area contributed by atoms with Crippen molar-refractivity contribution in [1.29, 1.82) is 0 Å². The molecule has 2 aromatic rings. The van der Waals surface area contributed by atoms with E-state index in [4.69, 9.17) is 5.73 Å². The predicted octanol–water partition coefficient (Wildman–Crippen LogP) is 1.06. The van der Waals surface area contributed by atoms with Crippen molar-refractivity contribution in [2.75, 3.05) is 5.73 Å². The summed E-state index contributed by atoms with van der Waals surface area (Å²) in [7, 11) is 0. The fraction of sp³-hybridized carbons (Fsp3) is 0.0909. The number of amides is 1. The van der Waals surface area contributed by atoms with E-state index in [1.807, 2.05) is 0 Å². The minimum Gasteiger partial charge on any atom is -0.398 e. The maximum Gasteiger partial charge on any atom is 0.253 e. The molecule has 0 fully saturated rings. The minimum absolute atomic E-state index is 0.118. The van der Waals surface area contributed by atoms with Crippen molar-refractivity contribution in [2.24, 2.45) is 0 Å². The number of benzene rings is 1. The first-order valence-corrected chi connectivity index (χ1v) is 4.97. The Hall–Kier alpha value is -2.37. The van der Waals surface area contributed by atoms with Crippen molar-refractivity contribution in [1.82, 2.24) is 15.3 Å². The molecule has 1 amide bonds. The van der Waals surface area contributed by atoms with Crippen molar-refractivity contribution in [3.05, 3.63) is 47.8 Å². The Morgan fingerprint density at radius 1 is 1.53 bits per heavy atom. The monoisotopic (exact) mass is 234 g/mol. The highest BCUT2D eigenvalue weighted by Crippen LogP contribution is 2.13. The van der Waals surface area contributed by atoms with Crippen LogP contribution in [0.2, 0.25) is 0 Å². The van der Waals surface area contributed by atoms with E-state index in [9.17, 15) is 9.18 Å². The molecule has 1 heterocycles. The van der Waals surface area contributed by atoms with Crippen LogP contribution in [0.1, 0.15) is 16.1 Å². The number of H-pyrrole nitrogens is 1. The maximum atomic E-state index is 12.8. The summed E-state index contributed by atoms with van der Waals surface area (Å²) >= 11 is 0. The van der Waals surface area contributed by atoms with Gasteiger partial charge in [-0.15, -0.1) is 0 Å². The number of nitrogens with one attached hydrogen (secondary N) is 2. The van der Waals surface area contributed by atoms with Gasteiger partial charge in [-0.2, -0.15) is 0 Å². The number of hydrogen-bond donors (Lipinski definition) is 3.